The maximum Gasteiger partial charge on any atom is 0.147 e. The minimum absolute atomic E-state index is 0.184. The van der Waals surface area contributed by atoms with Crippen LogP contribution in [0.1, 0.15) is 32.2 Å². The van der Waals surface area contributed by atoms with Crippen LogP contribution >= 0.6 is 27.3 Å². The fourth-order valence-corrected chi connectivity index (χ4v) is 2.92. The summed E-state index contributed by atoms with van der Waals surface area (Å²) in [6.07, 6.45) is 2.07. The molecule has 0 fully saturated rings. The van der Waals surface area contributed by atoms with Crippen LogP contribution in [0.25, 0.3) is 10.6 Å². The SMILES string of the molecule is CC(C)(C)NCCCc1nnc(-c2ccc(Br)cc2)s1. The van der Waals surface area contributed by atoms with E-state index in [1.807, 2.05) is 12.1 Å². The molecule has 1 heterocycles. The molecular formula is C15H20BrN3S. The Morgan fingerprint density at radius 2 is 1.85 bits per heavy atom. The molecule has 5 heteroatoms. The summed E-state index contributed by atoms with van der Waals surface area (Å²) in [6, 6.07) is 8.19. The highest BCUT2D eigenvalue weighted by molar-refractivity contribution is 9.10. The summed E-state index contributed by atoms with van der Waals surface area (Å²) in [5, 5.41) is 14.1. The Balaban J connectivity index is 1.88. The van der Waals surface area contributed by atoms with Crippen molar-refractivity contribution in [3.63, 3.8) is 0 Å². The van der Waals surface area contributed by atoms with Crippen molar-refractivity contribution in [2.24, 2.45) is 0 Å². The van der Waals surface area contributed by atoms with Crippen LogP contribution in [0.5, 0.6) is 0 Å². The maximum atomic E-state index is 4.28. The van der Waals surface area contributed by atoms with Crippen LogP contribution in [-0.4, -0.2) is 22.3 Å². The maximum absolute atomic E-state index is 4.28. The van der Waals surface area contributed by atoms with Crippen LogP contribution in [-0.2, 0) is 6.42 Å². The van der Waals surface area contributed by atoms with Gasteiger partial charge in [-0.3, -0.25) is 0 Å². The number of rotatable bonds is 5. The molecule has 2 rings (SSSR count). The molecule has 0 saturated heterocycles. The van der Waals surface area contributed by atoms with E-state index >= 15 is 0 Å². The number of hydrogen-bond donors (Lipinski definition) is 1. The molecule has 2 aromatic rings. The van der Waals surface area contributed by atoms with Crippen LogP contribution < -0.4 is 5.32 Å². The highest BCUT2D eigenvalue weighted by atomic mass is 79.9. The van der Waals surface area contributed by atoms with Crippen LogP contribution in [0.3, 0.4) is 0 Å². The van der Waals surface area contributed by atoms with Gasteiger partial charge in [-0.05, 0) is 45.9 Å². The molecule has 1 N–H and O–H groups in total. The summed E-state index contributed by atoms with van der Waals surface area (Å²) in [7, 11) is 0. The summed E-state index contributed by atoms with van der Waals surface area (Å²) in [5.74, 6) is 0. The molecule has 1 aromatic heterocycles. The molecule has 1 aromatic carbocycles. The first-order valence-corrected chi connectivity index (χ1v) is 8.38. The summed E-state index contributed by atoms with van der Waals surface area (Å²) in [5.41, 5.74) is 1.31. The molecule has 0 spiro atoms. The van der Waals surface area contributed by atoms with Crippen LogP contribution in [0.2, 0.25) is 0 Å². The standard InChI is InChI=1S/C15H20BrN3S/c1-15(2,3)17-10-4-5-13-18-19-14(20-13)11-6-8-12(16)9-7-11/h6-9,17H,4-5,10H2,1-3H3. The lowest BCUT2D eigenvalue weighted by molar-refractivity contribution is 0.422. The van der Waals surface area contributed by atoms with Gasteiger partial charge in [0, 0.05) is 22.0 Å². The molecular weight excluding hydrogens is 334 g/mol. The molecule has 0 atom stereocenters. The Kier molecular flexibility index (Phi) is 5.29. The second kappa shape index (κ2) is 6.78. The Hall–Kier alpha value is -0.780. The van der Waals surface area contributed by atoms with Gasteiger partial charge in [-0.25, -0.2) is 0 Å². The number of nitrogens with one attached hydrogen (secondary N) is 1. The topological polar surface area (TPSA) is 37.8 Å². The monoisotopic (exact) mass is 353 g/mol. The Morgan fingerprint density at radius 1 is 1.15 bits per heavy atom. The van der Waals surface area contributed by atoms with Crippen molar-refractivity contribution < 1.29 is 0 Å². The van der Waals surface area contributed by atoms with Gasteiger partial charge in [0.25, 0.3) is 0 Å². The highest BCUT2D eigenvalue weighted by Crippen LogP contribution is 2.25. The average molecular weight is 354 g/mol. The number of halogens is 1. The lowest BCUT2D eigenvalue weighted by Crippen LogP contribution is -2.36. The smallest absolute Gasteiger partial charge is 0.147 e. The third-order valence-electron chi connectivity index (χ3n) is 2.78. The van der Waals surface area contributed by atoms with Crippen molar-refractivity contribution in [1.82, 2.24) is 15.5 Å². The number of aryl methyl sites for hydroxylation is 1. The van der Waals surface area contributed by atoms with E-state index in [0.717, 1.165) is 39.4 Å². The van der Waals surface area contributed by atoms with Crippen molar-refractivity contribution in [1.29, 1.82) is 0 Å². The first-order chi connectivity index (χ1) is 9.44. The highest BCUT2D eigenvalue weighted by Gasteiger charge is 2.09. The predicted octanol–water partition coefficient (Wildman–Crippen LogP) is 4.29. The molecule has 0 radical (unpaired) electrons. The lowest BCUT2D eigenvalue weighted by atomic mass is 10.1. The van der Waals surface area contributed by atoms with Crippen molar-refractivity contribution in [3.05, 3.63) is 33.7 Å². The van der Waals surface area contributed by atoms with Gasteiger partial charge in [0.2, 0.25) is 0 Å². The van der Waals surface area contributed by atoms with Crippen LogP contribution in [0.15, 0.2) is 28.7 Å². The van der Waals surface area contributed by atoms with Gasteiger partial charge in [-0.1, -0.05) is 39.4 Å². The van der Waals surface area contributed by atoms with Gasteiger partial charge >= 0.3 is 0 Å². The largest absolute Gasteiger partial charge is 0.312 e. The van der Waals surface area contributed by atoms with E-state index in [4.69, 9.17) is 0 Å². The van der Waals surface area contributed by atoms with E-state index in [-0.39, 0.29) is 5.54 Å². The van der Waals surface area contributed by atoms with E-state index in [2.05, 4.69) is 64.3 Å². The zero-order valence-corrected chi connectivity index (χ0v) is 14.5. The van der Waals surface area contributed by atoms with E-state index in [0.29, 0.717) is 0 Å². The molecule has 0 aliphatic rings. The molecule has 0 aliphatic carbocycles. The van der Waals surface area contributed by atoms with E-state index < -0.39 is 0 Å². The fraction of sp³-hybridized carbons (Fsp3) is 0.467. The number of hydrogen-bond acceptors (Lipinski definition) is 4. The van der Waals surface area contributed by atoms with Gasteiger partial charge in [-0.15, -0.1) is 10.2 Å². The number of nitrogens with zero attached hydrogens (tertiary/aromatic N) is 2. The predicted molar refractivity (Wildman–Crippen MR) is 89.1 cm³/mol. The third kappa shape index (κ3) is 4.96. The normalized spacial score (nSPS) is 11.8. The third-order valence-corrected chi connectivity index (χ3v) is 4.34. The minimum Gasteiger partial charge on any atom is -0.312 e. The van der Waals surface area contributed by atoms with Gasteiger partial charge in [0.1, 0.15) is 10.0 Å². The van der Waals surface area contributed by atoms with Gasteiger partial charge in [0.05, 0.1) is 0 Å². The van der Waals surface area contributed by atoms with Gasteiger partial charge in [-0.2, -0.15) is 0 Å². The summed E-state index contributed by atoms with van der Waals surface area (Å²) >= 11 is 5.13. The molecule has 0 unspecified atom stereocenters. The molecule has 0 aliphatic heterocycles. The van der Waals surface area contributed by atoms with E-state index in [1.165, 1.54) is 0 Å². The molecule has 108 valence electrons. The first kappa shape index (κ1) is 15.6. The Bertz CT molecular complexity index is 543. The second-order valence-electron chi connectivity index (χ2n) is 5.79. The van der Waals surface area contributed by atoms with Crippen LogP contribution in [0.4, 0.5) is 0 Å². The van der Waals surface area contributed by atoms with Crippen molar-refractivity contribution in [3.8, 4) is 10.6 Å². The molecule has 0 bridgehead atoms. The lowest BCUT2D eigenvalue weighted by Gasteiger charge is -2.20. The van der Waals surface area contributed by atoms with E-state index in [9.17, 15) is 0 Å². The van der Waals surface area contributed by atoms with E-state index in [1.54, 1.807) is 11.3 Å². The van der Waals surface area contributed by atoms with Gasteiger partial charge < -0.3 is 5.32 Å². The number of aromatic nitrogens is 2. The molecule has 0 saturated carbocycles. The first-order valence-electron chi connectivity index (χ1n) is 6.77. The fourth-order valence-electron chi connectivity index (χ4n) is 1.77. The summed E-state index contributed by atoms with van der Waals surface area (Å²) < 4.78 is 1.08. The second-order valence-corrected chi connectivity index (χ2v) is 7.77. The summed E-state index contributed by atoms with van der Waals surface area (Å²) in [6.45, 7) is 7.56. The van der Waals surface area contributed by atoms with Crippen molar-refractivity contribution in [2.75, 3.05) is 6.54 Å². The molecule has 20 heavy (non-hydrogen) atoms. The zero-order chi connectivity index (χ0) is 14.6. The number of benzene rings is 1. The molecule has 0 amide bonds. The van der Waals surface area contributed by atoms with Crippen molar-refractivity contribution >= 4 is 27.3 Å². The molecule has 3 nitrogen and oxygen atoms in total. The summed E-state index contributed by atoms with van der Waals surface area (Å²) in [4.78, 5) is 0. The average Bonchev–Trinajstić information content (AvgIpc) is 2.83. The quantitative estimate of drug-likeness (QED) is 0.814. The van der Waals surface area contributed by atoms with Gasteiger partial charge in [0.15, 0.2) is 0 Å². The Morgan fingerprint density at radius 3 is 2.50 bits per heavy atom. The van der Waals surface area contributed by atoms with Crippen molar-refractivity contribution in [2.45, 2.75) is 39.2 Å². The Labute approximate surface area is 133 Å². The zero-order valence-electron chi connectivity index (χ0n) is 12.1. The van der Waals surface area contributed by atoms with Crippen LogP contribution in [0, 0.1) is 0 Å². The minimum atomic E-state index is 0.184.